The number of aromatic nitrogens is 2. The van der Waals surface area contributed by atoms with Crippen LogP contribution in [0.4, 0.5) is 4.79 Å². The molecule has 5 rings (SSSR count). The van der Waals surface area contributed by atoms with Crippen molar-refractivity contribution in [1.82, 2.24) is 9.55 Å². The number of cyclic esters (lactones) is 1. The van der Waals surface area contributed by atoms with Gasteiger partial charge in [-0.1, -0.05) is 34.6 Å². The predicted octanol–water partition coefficient (Wildman–Crippen LogP) is 5.82. The van der Waals surface area contributed by atoms with Crippen molar-refractivity contribution in [3.05, 3.63) is 56.9 Å². The molecular weight excluding hydrogens is 528 g/mol. The molecule has 0 N–H and O–H groups in total. The maximum Gasteiger partial charge on any atom is 0.509 e. The van der Waals surface area contributed by atoms with Gasteiger partial charge in [-0.3, -0.25) is 4.79 Å². The Hall–Kier alpha value is -3.66. The number of pyridine rings is 2. The number of rotatable bonds is 5. The Morgan fingerprint density at radius 3 is 2.50 bits per heavy atom. The third-order valence-corrected chi connectivity index (χ3v) is 13.1. The topological polar surface area (TPSA) is 106 Å². The summed E-state index contributed by atoms with van der Waals surface area (Å²) in [6.07, 6.45) is -0.216. The molecule has 40 heavy (non-hydrogen) atoms. The van der Waals surface area contributed by atoms with Crippen LogP contribution in [0.2, 0.25) is 18.1 Å². The van der Waals surface area contributed by atoms with Crippen molar-refractivity contribution in [2.45, 2.75) is 84.3 Å². The lowest BCUT2D eigenvalue weighted by molar-refractivity contribution is -0.175. The maximum absolute atomic E-state index is 13.8. The predicted molar refractivity (Wildman–Crippen MR) is 153 cm³/mol. The van der Waals surface area contributed by atoms with E-state index in [1.165, 1.54) is 7.11 Å². The first-order chi connectivity index (χ1) is 18.8. The van der Waals surface area contributed by atoms with Crippen LogP contribution in [0, 0.1) is 0 Å². The van der Waals surface area contributed by atoms with Crippen LogP contribution >= 0.6 is 0 Å². The number of carbonyl (C=O) groups excluding carboxylic acids is 2. The second kappa shape index (κ2) is 9.47. The lowest BCUT2D eigenvalue weighted by Gasteiger charge is -2.36. The first kappa shape index (κ1) is 27.9. The van der Waals surface area contributed by atoms with E-state index in [4.69, 9.17) is 18.9 Å². The van der Waals surface area contributed by atoms with Gasteiger partial charge in [-0.25, -0.2) is 14.6 Å². The summed E-state index contributed by atoms with van der Waals surface area (Å²) in [6.45, 7) is 15.0. The summed E-state index contributed by atoms with van der Waals surface area (Å²) >= 11 is 0. The second-order valence-corrected chi connectivity index (χ2v) is 16.7. The van der Waals surface area contributed by atoms with Gasteiger partial charge in [0, 0.05) is 16.5 Å². The summed E-state index contributed by atoms with van der Waals surface area (Å²) in [6, 6.07) is 7.74. The Balaban J connectivity index is 1.69. The van der Waals surface area contributed by atoms with Gasteiger partial charge in [-0.15, -0.1) is 0 Å². The summed E-state index contributed by atoms with van der Waals surface area (Å²) in [5, 5.41) is 1.06. The van der Waals surface area contributed by atoms with Crippen molar-refractivity contribution in [1.29, 1.82) is 0 Å². The zero-order valence-electron chi connectivity index (χ0n) is 24.4. The molecule has 0 amide bonds. The maximum atomic E-state index is 13.8. The Morgan fingerprint density at radius 2 is 1.88 bits per heavy atom. The first-order valence-corrected chi connectivity index (χ1v) is 16.5. The quantitative estimate of drug-likeness (QED) is 0.221. The monoisotopic (exact) mass is 564 g/mol. The standard InChI is InChI=1S/C30H36N2O7Si/c1-9-18-19-13-17(39-40(7,8)29(3,4)5)11-12-23(19)31-25-20(18)15-32-24(25)14-22-21(26(32)33)16-37-27(34)30(22,10-2)38-28(35)36-6/h11-14H,9-10,15-16H2,1-8H3. The zero-order valence-corrected chi connectivity index (χ0v) is 25.4. The molecule has 3 aromatic rings. The fourth-order valence-corrected chi connectivity index (χ4v) is 6.42. The number of fused-ring (bicyclic) bond motifs is 5. The highest BCUT2D eigenvalue weighted by atomic mass is 28.4. The number of hydrogen-bond acceptors (Lipinski definition) is 8. The number of hydrogen-bond donors (Lipinski definition) is 0. The van der Waals surface area contributed by atoms with Crippen LogP contribution in [0.15, 0.2) is 29.1 Å². The van der Waals surface area contributed by atoms with Crippen LogP contribution < -0.4 is 9.99 Å². The Morgan fingerprint density at radius 1 is 1.15 bits per heavy atom. The zero-order chi connectivity index (χ0) is 29.2. The van der Waals surface area contributed by atoms with Crippen molar-refractivity contribution < 1.29 is 28.2 Å². The van der Waals surface area contributed by atoms with Crippen molar-refractivity contribution >= 4 is 31.3 Å². The van der Waals surface area contributed by atoms with E-state index in [0.717, 1.165) is 34.2 Å². The summed E-state index contributed by atoms with van der Waals surface area (Å²) in [7, 11) is -0.878. The van der Waals surface area contributed by atoms with Gasteiger partial charge in [0.1, 0.15) is 12.4 Å². The summed E-state index contributed by atoms with van der Waals surface area (Å²) in [5.74, 6) is 0.0903. The molecule has 9 nitrogen and oxygen atoms in total. The molecule has 212 valence electrons. The molecular formula is C30H36N2O7Si. The van der Waals surface area contributed by atoms with Gasteiger partial charge in [-0.2, -0.15) is 0 Å². The van der Waals surface area contributed by atoms with E-state index in [9.17, 15) is 14.4 Å². The fourth-order valence-electron chi connectivity index (χ4n) is 5.40. The summed E-state index contributed by atoms with van der Waals surface area (Å²) in [4.78, 5) is 44.0. The minimum atomic E-state index is -2.04. The highest BCUT2D eigenvalue weighted by Crippen LogP contribution is 2.43. The number of benzene rings is 1. The highest BCUT2D eigenvalue weighted by molar-refractivity contribution is 6.74. The molecule has 2 aliphatic rings. The Kier molecular flexibility index (Phi) is 6.60. The SMILES string of the molecule is CCc1c2c(nc3ccc(O[Si](C)(C)C(C)(C)C)cc13)-c1cc3c(c(=O)n1C2)COC(=O)C3(CC)OC(=O)OC. The van der Waals surface area contributed by atoms with Crippen molar-refractivity contribution in [3.8, 4) is 17.1 Å². The van der Waals surface area contributed by atoms with E-state index < -0.39 is 26.0 Å². The molecule has 0 aliphatic carbocycles. The Labute approximate surface area is 234 Å². The molecule has 1 atom stereocenters. The van der Waals surface area contributed by atoms with Gasteiger partial charge in [0.05, 0.1) is 36.1 Å². The minimum Gasteiger partial charge on any atom is -0.543 e. The van der Waals surface area contributed by atoms with Crippen LogP contribution in [0.3, 0.4) is 0 Å². The molecule has 2 aromatic heterocycles. The largest absolute Gasteiger partial charge is 0.543 e. The Bertz CT molecular complexity index is 1620. The van der Waals surface area contributed by atoms with Crippen LogP contribution in [0.5, 0.6) is 5.75 Å². The van der Waals surface area contributed by atoms with Gasteiger partial charge >= 0.3 is 12.1 Å². The average Bonchev–Trinajstić information content (AvgIpc) is 3.26. The molecule has 0 bridgehead atoms. The first-order valence-electron chi connectivity index (χ1n) is 13.6. The molecule has 4 heterocycles. The number of ether oxygens (including phenoxy) is 3. The van der Waals surface area contributed by atoms with Gasteiger partial charge in [0.2, 0.25) is 13.9 Å². The van der Waals surface area contributed by atoms with Crippen LogP contribution in [-0.4, -0.2) is 37.1 Å². The third-order valence-electron chi connectivity index (χ3n) is 8.70. The van der Waals surface area contributed by atoms with E-state index in [1.807, 2.05) is 12.1 Å². The molecule has 0 spiro atoms. The summed E-state index contributed by atoms with van der Waals surface area (Å²) < 4.78 is 23.8. The van der Waals surface area contributed by atoms with Gasteiger partial charge in [-0.05, 0) is 60.8 Å². The van der Waals surface area contributed by atoms with Crippen molar-refractivity contribution in [2.24, 2.45) is 0 Å². The lowest BCUT2D eigenvalue weighted by Crippen LogP contribution is -2.47. The molecule has 0 radical (unpaired) electrons. The second-order valence-electron chi connectivity index (χ2n) is 11.9. The lowest BCUT2D eigenvalue weighted by atomic mass is 9.85. The van der Waals surface area contributed by atoms with Crippen LogP contribution in [-0.2, 0) is 44.2 Å². The normalized spacial score (nSPS) is 18.1. The third kappa shape index (κ3) is 4.11. The van der Waals surface area contributed by atoms with Crippen molar-refractivity contribution in [2.75, 3.05) is 7.11 Å². The molecule has 0 saturated heterocycles. The molecule has 0 fully saturated rings. The average molecular weight is 565 g/mol. The van der Waals surface area contributed by atoms with E-state index in [1.54, 1.807) is 17.6 Å². The van der Waals surface area contributed by atoms with Gasteiger partial charge < -0.3 is 23.2 Å². The van der Waals surface area contributed by atoms with Gasteiger partial charge in [0.25, 0.3) is 5.56 Å². The van der Waals surface area contributed by atoms with Crippen LogP contribution in [0.25, 0.3) is 22.3 Å². The molecule has 1 unspecified atom stereocenters. The number of methoxy groups -OCH3 is 1. The van der Waals surface area contributed by atoms with Gasteiger partial charge in [0.15, 0.2) is 0 Å². The van der Waals surface area contributed by atoms with E-state index in [-0.39, 0.29) is 29.2 Å². The minimum absolute atomic E-state index is 0.0596. The highest BCUT2D eigenvalue weighted by Gasteiger charge is 2.51. The number of carbonyl (C=O) groups is 2. The van der Waals surface area contributed by atoms with E-state index >= 15 is 0 Å². The molecule has 0 saturated carbocycles. The molecule has 2 aliphatic heterocycles. The van der Waals surface area contributed by atoms with Crippen LogP contribution in [0.1, 0.15) is 63.3 Å². The summed E-state index contributed by atoms with van der Waals surface area (Å²) in [5.41, 5.74) is 2.65. The fraction of sp³-hybridized carbons (Fsp3) is 0.467. The molecule has 10 heteroatoms. The number of aryl methyl sites for hydroxylation is 1. The number of esters is 1. The van der Waals surface area contributed by atoms with E-state index in [0.29, 0.717) is 23.5 Å². The smallest absolute Gasteiger partial charge is 0.509 e. The number of nitrogens with zero attached hydrogens (tertiary/aromatic N) is 2. The van der Waals surface area contributed by atoms with Crippen molar-refractivity contribution in [3.63, 3.8) is 0 Å². The molecule has 1 aromatic carbocycles. The van der Waals surface area contributed by atoms with E-state index in [2.05, 4.69) is 51.6 Å².